The van der Waals surface area contributed by atoms with Gasteiger partial charge in [-0.3, -0.25) is 4.79 Å². The minimum Gasteiger partial charge on any atom is -0.465 e. The third kappa shape index (κ3) is 5.53. The smallest absolute Gasteiger partial charge is 0.323 e. The number of hydrogen-bond acceptors (Lipinski definition) is 3. The van der Waals surface area contributed by atoms with E-state index < -0.39 is 0 Å². The van der Waals surface area contributed by atoms with Crippen LogP contribution < -0.4 is 5.32 Å². The summed E-state index contributed by atoms with van der Waals surface area (Å²) >= 11 is 0. The van der Waals surface area contributed by atoms with E-state index in [0.717, 1.165) is 6.42 Å². The average Bonchev–Trinajstić information content (AvgIpc) is 2.29. The van der Waals surface area contributed by atoms with E-state index in [-0.39, 0.29) is 12.0 Å². The highest BCUT2D eigenvalue weighted by atomic mass is 16.5. The van der Waals surface area contributed by atoms with E-state index in [1.165, 1.54) is 32.1 Å². The Hall–Kier alpha value is -0.570. The van der Waals surface area contributed by atoms with Crippen molar-refractivity contribution in [2.45, 2.75) is 71.4 Å². The quantitative estimate of drug-likeness (QED) is 0.727. The maximum absolute atomic E-state index is 11.9. The largest absolute Gasteiger partial charge is 0.465 e. The van der Waals surface area contributed by atoms with Crippen LogP contribution in [0.4, 0.5) is 0 Å². The van der Waals surface area contributed by atoms with Crippen molar-refractivity contribution in [3.8, 4) is 0 Å². The molecule has 0 bridgehead atoms. The monoisotopic (exact) mass is 241 g/mol. The minimum atomic E-state index is -0.113. The molecule has 1 rings (SSSR count). The number of carbonyl (C=O) groups excluding carboxylic acids is 1. The molecule has 0 aromatic rings. The van der Waals surface area contributed by atoms with Crippen molar-refractivity contribution < 1.29 is 9.53 Å². The third-order valence-electron chi connectivity index (χ3n) is 3.32. The predicted octanol–water partition coefficient (Wildman–Crippen LogP) is 2.89. The standard InChI is InChI=1S/C14H27NO2/c1-4-17-14(16)13(10-11(2)3)15-12-8-6-5-7-9-12/h11-13,15H,4-10H2,1-3H3. The Morgan fingerprint density at radius 2 is 1.94 bits per heavy atom. The first kappa shape index (κ1) is 14.5. The lowest BCUT2D eigenvalue weighted by Gasteiger charge is -2.28. The van der Waals surface area contributed by atoms with Crippen LogP contribution in [0.3, 0.4) is 0 Å². The lowest BCUT2D eigenvalue weighted by atomic mass is 9.93. The predicted molar refractivity (Wildman–Crippen MR) is 69.9 cm³/mol. The molecular weight excluding hydrogens is 214 g/mol. The number of esters is 1. The van der Waals surface area contributed by atoms with Crippen molar-refractivity contribution in [3.63, 3.8) is 0 Å². The fraction of sp³-hybridized carbons (Fsp3) is 0.929. The van der Waals surface area contributed by atoms with Gasteiger partial charge in [-0.05, 0) is 32.1 Å². The summed E-state index contributed by atoms with van der Waals surface area (Å²) in [7, 11) is 0. The maximum Gasteiger partial charge on any atom is 0.323 e. The molecule has 1 N–H and O–H groups in total. The first-order valence-electron chi connectivity index (χ1n) is 7.06. The highest BCUT2D eigenvalue weighted by Crippen LogP contribution is 2.19. The van der Waals surface area contributed by atoms with E-state index in [1.54, 1.807) is 0 Å². The van der Waals surface area contributed by atoms with Gasteiger partial charge in [0, 0.05) is 6.04 Å². The SMILES string of the molecule is CCOC(=O)C(CC(C)C)NC1CCCCC1. The molecule has 0 aliphatic heterocycles. The molecule has 0 radical (unpaired) electrons. The zero-order valence-electron chi connectivity index (χ0n) is 11.5. The lowest BCUT2D eigenvalue weighted by molar-refractivity contribution is -0.146. The topological polar surface area (TPSA) is 38.3 Å². The van der Waals surface area contributed by atoms with Gasteiger partial charge in [-0.2, -0.15) is 0 Å². The molecule has 0 saturated heterocycles. The van der Waals surface area contributed by atoms with Crippen molar-refractivity contribution in [1.29, 1.82) is 0 Å². The van der Waals surface area contributed by atoms with Crippen LogP contribution in [-0.4, -0.2) is 24.7 Å². The Morgan fingerprint density at radius 1 is 1.29 bits per heavy atom. The number of nitrogens with one attached hydrogen (secondary N) is 1. The summed E-state index contributed by atoms with van der Waals surface area (Å²) in [5.41, 5.74) is 0. The molecule has 1 saturated carbocycles. The van der Waals surface area contributed by atoms with Crippen LogP contribution >= 0.6 is 0 Å². The van der Waals surface area contributed by atoms with Crippen molar-refractivity contribution in [2.24, 2.45) is 5.92 Å². The number of rotatable bonds is 6. The van der Waals surface area contributed by atoms with Crippen LogP contribution in [0.1, 0.15) is 59.3 Å². The summed E-state index contributed by atoms with van der Waals surface area (Å²) in [5, 5.41) is 3.50. The number of ether oxygens (including phenoxy) is 1. The fourth-order valence-electron chi connectivity index (χ4n) is 2.50. The average molecular weight is 241 g/mol. The molecular formula is C14H27NO2. The van der Waals surface area contributed by atoms with Crippen LogP contribution in [0.5, 0.6) is 0 Å². The summed E-state index contributed by atoms with van der Waals surface area (Å²) in [6, 6.07) is 0.398. The first-order chi connectivity index (χ1) is 8.13. The molecule has 0 amide bonds. The molecule has 17 heavy (non-hydrogen) atoms. The van der Waals surface area contributed by atoms with E-state index >= 15 is 0 Å². The highest BCUT2D eigenvalue weighted by Gasteiger charge is 2.24. The van der Waals surface area contributed by atoms with Crippen LogP contribution in [0, 0.1) is 5.92 Å². The van der Waals surface area contributed by atoms with Crippen LogP contribution in [0.25, 0.3) is 0 Å². The highest BCUT2D eigenvalue weighted by molar-refractivity contribution is 5.75. The Morgan fingerprint density at radius 3 is 2.47 bits per heavy atom. The Bertz CT molecular complexity index is 222. The van der Waals surface area contributed by atoms with E-state index in [2.05, 4.69) is 19.2 Å². The Kier molecular flexibility index (Phi) is 6.56. The second-order valence-electron chi connectivity index (χ2n) is 5.44. The third-order valence-corrected chi connectivity index (χ3v) is 3.32. The van der Waals surface area contributed by atoms with Crippen LogP contribution in [-0.2, 0) is 9.53 Å². The van der Waals surface area contributed by atoms with E-state index in [9.17, 15) is 4.79 Å². The molecule has 1 fully saturated rings. The maximum atomic E-state index is 11.9. The molecule has 0 spiro atoms. The van der Waals surface area contributed by atoms with Gasteiger partial charge < -0.3 is 10.1 Å². The summed E-state index contributed by atoms with van der Waals surface area (Å²) in [6.45, 7) is 6.63. The van der Waals surface area contributed by atoms with Gasteiger partial charge in [0.1, 0.15) is 6.04 Å². The first-order valence-corrected chi connectivity index (χ1v) is 7.06. The second kappa shape index (κ2) is 7.70. The Balaban J connectivity index is 2.46. The van der Waals surface area contributed by atoms with Gasteiger partial charge in [-0.25, -0.2) is 0 Å². The van der Waals surface area contributed by atoms with Gasteiger partial charge in [0.25, 0.3) is 0 Å². The summed E-state index contributed by atoms with van der Waals surface area (Å²) in [4.78, 5) is 11.9. The summed E-state index contributed by atoms with van der Waals surface area (Å²) in [6.07, 6.45) is 7.19. The number of carbonyl (C=O) groups is 1. The number of hydrogen-bond donors (Lipinski definition) is 1. The van der Waals surface area contributed by atoms with E-state index in [4.69, 9.17) is 4.74 Å². The molecule has 1 aliphatic rings. The van der Waals surface area contributed by atoms with Gasteiger partial charge in [0.2, 0.25) is 0 Å². The van der Waals surface area contributed by atoms with Crippen molar-refractivity contribution >= 4 is 5.97 Å². The van der Waals surface area contributed by atoms with Crippen LogP contribution in [0.2, 0.25) is 0 Å². The van der Waals surface area contributed by atoms with Crippen molar-refractivity contribution in [3.05, 3.63) is 0 Å². The molecule has 100 valence electrons. The zero-order chi connectivity index (χ0) is 12.7. The molecule has 0 aromatic carbocycles. The van der Waals surface area contributed by atoms with Gasteiger partial charge in [0.05, 0.1) is 6.61 Å². The molecule has 0 heterocycles. The second-order valence-corrected chi connectivity index (χ2v) is 5.44. The molecule has 3 heteroatoms. The van der Waals surface area contributed by atoms with Crippen molar-refractivity contribution in [2.75, 3.05) is 6.61 Å². The van der Waals surface area contributed by atoms with Crippen molar-refractivity contribution in [1.82, 2.24) is 5.32 Å². The minimum absolute atomic E-state index is 0.0771. The summed E-state index contributed by atoms with van der Waals surface area (Å²) in [5.74, 6) is 0.437. The molecule has 3 nitrogen and oxygen atoms in total. The fourth-order valence-corrected chi connectivity index (χ4v) is 2.50. The van der Waals surface area contributed by atoms with Gasteiger partial charge in [-0.15, -0.1) is 0 Å². The van der Waals surface area contributed by atoms with Gasteiger partial charge >= 0.3 is 5.97 Å². The lowest BCUT2D eigenvalue weighted by Crippen LogP contribution is -2.45. The normalized spacial score (nSPS) is 19.3. The summed E-state index contributed by atoms with van der Waals surface area (Å²) < 4.78 is 5.15. The van der Waals surface area contributed by atoms with Gasteiger partial charge in [-0.1, -0.05) is 33.1 Å². The van der Waals surface area contributed by atoms with Gasteiger partial charge in [0.15, 0.2) is 0 Å². The zero-order valence-corrected chi connectivity index (χ0v) is 11.5. The molecule has 1 atom stereocenters. The Labute approximate surface area is 105 Å². The molecule has 1 aliphatic carbocycles. The molecule has 1 unspecified atom stereocenters. The molecule has 0 aromatic heterocycles. The van der Waals surface area contributed by atoms with E-state index in [1.807, 2.05) is 6.92 Å². The van der Waals surface area contributed by atoms with Crippen LogP contribution in [0.15, 0.2) is 0 Å². The van der Waals surface area contributed by atoms with E-state index in [0.29, 0.717) is 18.6 Å².